The molecule has 0 heterocycles. The Bertz CT molecular complexity index is 419. The lowest BCUT2D eigenvalue weighted by Crippen LogP contribution is -2.29. The topological polar surface area (TPSA) is 26.3 Å². The van der Waals surface area contributed by atoms with Gasteiger partial charge in [0, 0.05) is 17.0 Å². The van der Waals surface area contributed by atoms with Crippen LogP contribution in [0.5, 0.6) is 0 Å². The highest BCUT2D eigenvalue weighted by molar-refractivity contribution is 6.30. The van der Waals surface area contributed by atoms with Crippen LogP contribution in [0, 0.1) is 0 Å². The number of benzene rings is 1. The summed E-state index contributed by atoms with van der Waals surface area (Å²) in [4.78, 5) is 11.4. The molecular weight excluding hydrogens is 219 g/mol. The van der Waals surface area contributed by atoms with Gasteiger partial charge in [-0.25, -0.2) is 9.18 Å². The molecule has 1 aromatic rings. The predicted octanol–water partition coefficient (Wildman–Crippen LogP) is 2.62. The van der Waals surface area contributed by atoms with Gasteiger partial charge in [-0.3, -0.25) is 0 Å². The standard InChI is InChI=1S/C11H10ClFO2/c1-15-10(14)11(13)5-4-7-6-8(12)2-3-9(7)11/h2-3,6H,4-5H2,1H3. The number of aryl methyl sites for hydroxylation is 1. The Hall–Kier alpha value is -1.09. The molecule has 4 heteroatoms. The maximum atomic E-state index is 14.3. The zero-order chi connectivity index (χ0) is 11.1. The summed E-state index contributed by atoms with van der Waals surface area (Å²) in [6.07, 6.45) is 0.650. The molecule has 0 bridgehead atoms. The van der Waals surface area contributed by atoms with Gasteiger partial charge < -0.3 is 4.74 Å². The lowest BCUT2D eigenvalue weighted by Gasteiger charge is -2.17. The minimum Gasteiger partial charge on any atom is -0.466 e. The van der Waals surface area contributed by atoms with Gasteiger partial charge in [0.2, 0.25) is 5.67 Å². The number of hydrogen-bond acceptors (Lipinski definition) is 2. The summed E-state index contributed by atoms with van der Waals surface area (Å²) in [7, 11) is 1.19. The summed E-state index contributed by atoms with van der Waals surface area (Å²) in [6, 6.07) is 4.84. The Morgan fingerprint density at radius 2 is 2.33 bits per heavy atom. The van der Waals surface area contributed by atoms with Crippen molar-refractivity contribution in [3.05, 3.63) is 34.3 Å². The van der Waals surface area contributed by atoms with Gasteiger partial charge in [0.1, 0.15) is 0 Å². The summed E-state index contributed by atoms with van der Waals surface area (Å²) >= 11 is 5.79. The first-order valence-corrected chi connectivity index (χ1v) is 5.02. The van der Waals surface area contributed by atoms with Crippen molar-refractivity contribution in [2.75, 3.05) is 7.11 Å². The zero-order valence-corrected chi connectivity index (χ0v) is 8.97. The van der Waals surface area contributed by atoms with Crippen molar-refractivity contribution in [2.45, 2.75) is 18.5 Å². The minimum absolute atomic E-state index is 0.134. The second-order valence-corrected chi connectivity index (χ2v) is 4.03. The van der Waals surface area contributed by atoms with E-state index in [1.54, 1.807) is 18.2 Å². The molecule has 0 radical (unpaired) electrons. The average Bonchev–Trinajstić information content (AvgIpc) is 2.56. The van der Waals surface area contributed by atoms with Gasteiger partial charge in [0.15, 0.2) is 0 Å². The number of carbonyl (C=O) groups excluding carboxylic acids is 1. The fourth-order valence-corrected chi connectivity index (χ4v) is 2.17. The summed E-state index contributed by atoms with van der Waals surface area (Å²) in [5.41, 5.74) is -0.816. The van der Waals surface area contributed by atoms with Crippen LogP contribution in [0.3, 0.4) is 0 Å². The van der Waals surface area contributed by atoms with Crippen LogP contribution in [0.4, 0.5) is 4.39 Å². The Morgan fingerprint density at radius 3 is 3.00 bits per heavy atom. The molecule has 0 amide bonds. The monoisotopic (exact) mass is 228 g/mol. The van der Waals surface area contributed by atoms with Gasteiger partial charge in [0.25, 0.3) is 0 Å². The molecule has 1 aliphatic rings. The van der Waals surface area contributed by atoms with Gasteiger partial charge in [-0.1, -0.05) is 17.7 Å². The normalized spacial score (nSPS) is 23.7. The van der Waals surface area contributed by atoms with E-state index in [4.69, 9.17) is 11.6 Å². The third-order valence-corrected chi connectivity index (χ3v) is 2.98. The van der Waals surface area contributed by atoms with Crippen molar-refractivity contribution in [2.24, 2.45) is 0 Å². The molecule has 0 saturated heterocycles. The van der Waals surface area contributed by atoms with E-state index in [1.165, 1.54) is 7.11 Å². The summed E-state index contributed by atoms with van der Waals surface area (Å²) < 4.78 is 18.8. The van der Waals surface area contributed by atoms with Crippen molar-refractivity contribution >= 4 is 17.6 Å². The Balaban J connectivity index is 2.48. The van der Waals surface area contributed by atoms with Crippen LogP contribution < -0.4 is 0 Å². The quantitative estimate of drug-likeness (QED) is 0.691. The Labute approximate surface area is 92.0 Å². The number of esters is 1. The van der Waals surface area contributed by atoms with Gasteiger partial charge in [0.05, 0.1) is 7.11 Å². The first-order chi connectivity index (χ1) is 7.08. The Morgan fingerprint density at radius 1 is 1.60 bits per heavy atom. The van der Waals surface area contributed by atoms with E-state index >= 15 is 0 Å². The van der Waals surface area contributed by atoms with Gasteiger partial charge in [-0.2, -0.15) is 0 Å². The van der Waals surface area contributed by atoms with Crippen LogP contribution >= 0.6 is 11.6 Å². The summed E-state index contributed by atoms with van der Waals surface area (Å²) in [5.74, 6) is -0.830. The van der Waals surface area contributed by atoms with Gasteiger partial charge in [-0.05, 0) is 24.1 Å². The van der Waals surface area contributed by atoms with Crippen LogP contribution in [0.2, 0.25) is 5.02 Å². The molecule has 2 nitrogen and oxygen atoms in total. The maximum Gasteiger partial charge on any atom is 0.348 e. The van der Waals surface area contributed by atoms with Crippen LogP contribution in [0.1, 0.15) is 17.5 Å². The number of fused-ring (bicyclic) bond motifs is 1. The SMILES string of the molecule is COC(=O)C1(F)CCc2cc(Cl)ccc21. The van der Waals surface area contributed by atoms with Crippen LogP contribution in [-0.2, 0) is 21.6 Å². The molecule has 1 aliphatic carbocycles. The predicted molar refractivity (Wildman–Crippen MR) is 54.6 cm³/mol. The Kier molecular flexibility index (Phi) is 2.43. The second-order valence-electron chi connectivity index (χ2n) is 3.59. The third-order valence-electron chi connectivity index (χ3n) is 2.74. The molecular formula is C11H10ClFO2. The molecule has 0 fully saturated rings. The molecule has 0 aromatic heterocycles. The highest BCUT2D eigenvalue weighted by Gasteiger charge is 2.47. The number of hydrogen-bond donors (Lipinski definition) is 0. The van der Waals surface area contributed by atoms with Gasteiger partial charge >= 0.3 is 5.97 Å². The van der Waals surface area contributed by atoms with Gasteiger partial charge in [-0.15, -0.1) is 0 Å². The first kappa shape index (κ1) is 10.4. The van der Waals surface area contributed by atoms with Crippen molar-refractivity contribution in [3.63, 3.8) is 0 Å². The maximum absolute atomic E-state index is 14.3. The fourth-order valence-electron chi connectivity index (χ4n) is 1.97. The number of methoxy groups -OCH3 is 1. The highest BCUT2D eigenvalue weighted by Crippen LogP contribution is 2.42. The van der Waals surface area contributed by atoms with Crippen molar-refractivity contribution in [1.82, 2.24) is 0 Å². The molecule has 0 aliphatic heterocycles. The van der Waals surface area contributed by atoms with Crippen molar-refractivity contribution in [3.8, 4) is 0 Å². The average molecular weight is 229 g/mol. The van der Waals surface area contributed by atoms with Crippen molar-refractivity contribution in [1.29, 1.82) is 0 Å². The summed E-state index contributed by atoms with van der Waals surface area (Å²) in [5, 5.41) is 0.558. The molecule has 1 unspecified atom stereocenters. The zero-order valence-electron chi connectivity index (χ0n) is 8.22. The number of halogens is 2. The molecule has 0 saturated carbocycles. The second kappa shape index (κ2) is 3.49. The van der Waals surface area contributed by atoms with E-state index in [0.29, 0.717) is 17.0 Å². The summed E-state index contributed by atoms with van der Waals surface area (Å²) in [6.45, 7) is 0. The molecule has 15 heavy (non-hydrogen) atoms. The fraction of sp³-hybridized carbons (Fsp3) is 0.364. The smallest absolute Gasteiger partial charge is 0.348 e. The third kappa shape index (κ3) is 1.51. The molecule has 1 atom stereocenters. The lowest BCUT2D eigenvalue weighted by molar-refractivity contribution is -0.155. The van der Waals surface area contributed by atoms with E-state index in [-0.39, 0.29) is 6.42 Å². The molecule has 1 aromatic carbocycles. The molecule has 0 N–H and O–H groups in total. The van der Waals surface area contributed by atoms with E-state index in [2.05, 4.69) is 4.74 Å². The largest absolute Gasteiger partial charge is 0.466 e. The number of ether oxygens (including phenoxy) is 1. The number of rotatable bonds is 1. The highest BCUT2D eigenvalue weighted by atomic mass is 35.5. The molecule has 0 spiro atoms. The van der Waals surface area contributed by atoms with Crippen LogP contribution in [-0.4, -0.2) is 13.1 Å². The van der Waals surface area contributed by atoms with E-state index in [1.807, 2.05) is 0 Å². The number of alkyl halides is 1. The molecule has 2 rings (SSSR count). The van der Waals surface area contributed by atoms with E-state index < -0.39 is 11.6 Å². The molecule has 80 valence electrons. The van der Waals surface area contributed by atoms with Crippen LogP contribution in [0.15, 0.2) is 18.2 Å². The minimum atomic E-state index is -1.99. The lowest BCUT2D eigenvalue weighted by atomic mass is 9.98. The van der Waals surface area contributed by atoms with Crippen LogP contribution in [0.25, 0.3) is 0 Å². The van der Waals surface area contributed by atoms with E-state index in [0.717, 1.165) is 5.56 Å². The van der Waals surface area contributed by atoms with Crippen molar-refractivity contribution < 1.29 is 13.9 Å². The first-order valence-electron chi connectivity index (χ1n) is 4.64. The van der Waals surface area contributed by atoms with E-state index in [9.17, 15) is 9.18 Å². The number of carbonyl (C=O) groups is 1.